The minimum Gasteiger partial charge on any atom is -0.496 e. The first-order valence-electron chi connectivity index (χ1n) is 10.6. The number of rotatable bonds is 8. The van der Waals surface area contributed by atoms with Crippen LogP contribution in [0, 0.1) is 29.1 Å². The summed E-state index contributed by atoms with van der Waals surface area (Å²) in [5.74, 6) is -9.80. The Balaban J connectivity index is 1.47. The van der Waals surface area contributed by atoms with E-state index in [2.05, 4.69) is 10.4 Å². The predicted molar refractivity (Wildman–Crippen MR) is 124 cm³/mol. The minimum absolute atomic E-state index is 0.0105. The standard InChI is InChI=1S/C25H17ClF5N3O3/c1-36-18-7-2-13(10-14(18)12-37-16-5-3-15(26)4-6-16)25(35)32-19-8-9-34(33-19)11-17-20(27)22(29)24(31)23(30)21(17)28/h2-10H,11-12H2,1H3,(H,32,33,35). The number of benzene rings is 3. The summed E-state index contributed by atoms with van der Waals surface area (Å²) in [6, 6.07) is 12.7. The number of amides is 1. The van der Waals surface area contributed by atoms with Crippen LogP contribution in [-0.2, 0) is 13.2 Å². The molecule has 0 saturated heterocycles. The number of nitrogens with one attached hydrogen (secondary N) is 1. The summed E-state index contributed by atoms with van der Waals surface area (Å²) in [5.41, 5.74) is -0.260. The van der Waals surface area contributed by atoms with Gasteiger partial charge < -0.3 is 14.8 Å². The molecule has 0 unspecified atom stereocenters. The van der Waals surface area contributed by atoms with Crippen molar-refractivity contribution in [2.24, 2.45) is 0 Å². The van der Waals surface area contributed by atoms with Gasteiger partial charge in [0.2, 0.25) is 5.82 Å². The van der Waals surface area contributed by atoms with Gasteiger partial charge in [-0.05, 0) is 42.5 Å². The molecule has 0 aliphatic heterocycles. The maximum absolute atomic E-state index is 14.0. The predicted octanol–water partition coefficient (Wildman–Crippen LogP) is 6.12. The number of aromatic nitrogens is 2. The summed E-state index contributed by atoms with van der Waals surface area (Å²) in [5, 5.41) is 6.99. The normalized spacial score (nSPS) is 10.9. The lowest BCUT2D eigenvalue weighted by atomic mass is 10.1. The number of hydrogen-bond acceptors (Lipinski definition) is 4. The Morgan fingerprint density at radius 1 is 0.946 bits per heavy atom. The van der Waals surface area contributed by atoms with E-state index in [9.17, 15) is 26.7 Å². The number of carbonyl (C=O) groups excluding carboxylic acids is 1. The molecule has 1 amide bonds. The molecule has 3 aromatic carbocycles. The maximum atomic E-state index is 14.0. The first kappa shape index (κ1) is 26.0. The number of halogens is 6. The van der Waals surface area contributed by atoms with E-state index in [1.807, 2.05) is 0 Å². The Labute approximate surface area is 212 Å². The average Bonchev–Trinajstić information content (AvgIpc) is 3.35. The summed E-state index contributed by atoms with van der Waals surface area (Å²) in [4.78, 5) is 12.8. The van der Waals surface area contributed by atoms with Gasteiger partial charge in [0.05, 0.1) is 19.2 Å². The van der Waals surface area contributed by atoms with E-state index in [0.717, 1.165) is 4.68 Å². The first-order valence-corrected chi connectivity index (χ1v) is 11.0. The summed E-state index contributed by atoms with van der Waals surface area (Å²) >= 11 is 5.87. The van der Waals surface area contributed by atoms with Crippen molar-refractivity contribution in [1.29, 1.82) is 0 Å². The average molecular weight is 538 g/mol. The maximum Gasteiger partial charge on any atom is 0.256 e. The van der Waals surface area contributed by atoms with Crippen LogP contribution >= 0.6 is 11.6 Å². The first-order chi connectivity index (χ1) is 17.7. The van der Waals surface area contributed by atoms with Gasteiger partial charge in [-0.25, -0.2) is 22.0 Å². The van der Waals surface area contributed by atoms with Gasteiger partial charge in [-0.1, -0.05) is 11.6 Å². The molecular weight excluding hydrogens is 521 g/mol. The Kier molecular flexibility index (Phi) is 7.63. The molecule has 1 N–H and O–H groups in total. The Morgan fingerprint density at radius 3 is 2.24 bits per heavy atom. The van der Waals surface area contributed by atoms with Gasteiger partial charge in [0.1, 0.15) is 18.1 Å². The van der Waals surface area contributed by atoms with Crippen LogP contribution in [0.25, 0.3) is 0 Å². The third-order valence-electron chi connectivity index (χ3n) is 5.25. The third kappa shape index (κ3) is 5.67. The molecule has 0 radical (unpaired) electrons. The zero-order valence-corrected chi connectivity index (χ0v) is 19.8. The molecule has 1 aromatic heterocycles. The number of carbonyl (C=O) groups is 1. The van der Waals surface area contributed by atoms with Crippen LogP contribution in [0.1, 0.15) is 21.5 Å². The Hall–Kier alpha value is -4.12. The summed E-state index contributed by atoms with van der Waals surface area (Å²) in [6.07, 6.45) is 1.22. The van der Waals surface area contributed by atoms with E-state index in [4.69, 9.17) is 21.1 Å². The molecule has 1 heterocycles. The minimum atomic E-state index is -2.25. The molecule has 0 saturated carbocycles. The highest BCUT2D eigenvalue weighted by atomic mass is 35.5. The molecule has 4 aromatic rings. The molecule has 0 aliphatic carbocycles. The highest BCUT2D eigenvalue weighted by Gasteiger charge is 2.26. The lowest BCUT2D eigenvalue weighted by Crippen LogP contribution is -2.14. The van der Waals surface area contributed by atoms with Gasteiger partial charge in [0.15, 0.2) is 29.1 Å². The van der Waals surface area contributed by atoms with E-state index in [1.54, 1.807) is 36.4 Å². The van der Waals surface area contributed by atoms with Crippen LogP contribution in [0.3, 0.4) is 0 Å². The van der Waals surface area contributed by atoms with E-state index < -0.39 is 47.1 Å². The van der Waals surface area contributed by atoms with Crippen molar-refractivity contribution < 1.29 is 36.2 Å². The lowest BCUT2D eigenvalue weighted by Gasteiger charge is -2.12. The van der Waals surface area contributed by atoms with Crippen molar-refractivity contribution in [3.8, 4) is 11.5 Å². The summed E-state index contributed by atoms with van der Waals surface area (Å²) in [6.45, 7) is -0.668. The fourth-order valence-corrected chi connectivity index (χ4v) is 3.51. The van der Waals surface area contributed by atoms with Gasteiger partial charge in [-0.15, -0.1) is 0 Å². The van der Waals surface area contributed by atoms with Crippen LogP contribution in [-0.4, -0.2) is 22.8 Å². The fraction of sp³-hybridized carbons (Fsp3) is 0.120. The van der Waals surface area contributed by atoms with Crippen molar-refractivity contribution in [3.63, 3.8) is 0 Å². The van der Waals surface area contributed by atoms with Crippen LogP contribution in [0.15, 0.2) is 54.7 Å². The van der Waals surface area contributed by atoms with Crippen LogP contribution in [0.4, 0.5) is 27.8 Å². The summed E-state index contributed by atoms with van der Waals surface area (Å²) < 4.78 is 80.0. The molecule has 0 bridgehead atoms. The van der Waals surface area contributed by atoms with Crippen molar-refractivity contribution in [3.05, 3.63) is 106 Å². The van der Waals surface area contributed by atoms with Crippen molar-refractivity contribution in [2.45, 2.75) is 13.2 Å². The lowest BCUT2D eigenvalue weighted by molar-refractivity contribution is 0.102. The van der Waals surface area contributed by atoms with Crippen LogP contribution in [0.2, 0.25) is 5.02 Å². The highest BCUT2D eigenvalue weighted by Crippen LogP contribution is 2.25. The second-order valence-electron chi connectivity index (χ2n) is 7.67. The summed E-state index contributed by atoms with van der Waals surface area (Å²) in [7, 11) is 1.47. The molecule has 37 heavy (non-hydrogen) atoms. The molecule has 6 nitrogen and oxygen atoms in total. The van der Waals surface area contributed by atoms with E-state index in [0.29, 0.717) is 22.1 Å². The number of anilines is 1. The third-order valence-corrected chi connectivity index (χ3v) is 5.51. The molecule has 4 rings (SSSR count). The molecule has 0 spiro atoms. The van der Waals surface area contributed by atoms with Crippen LogP contribution < -0.4 is 14.8 Å². The molecule has 192 valence electrons. The second kappa shape index (κ2) is 10.9. The molecule has 0 aliphatic rings. The number of ether oxygens (including phenoxy) is 2. The zero-order valence-electron chi connectivity index (χ0n) is 19.0. The Morgan fingerprint density at radius 2 is 1.59 bits per heavy atom. The second-order valence-corrected chi connectivity index (χ2v) is 8.11. The van der Waals surface area contributed by atoms with E-state index in [1.165, 1.54) is 25.4 Å². The van der Waals surface area contributed by atoms with Gasteiger partial charge in [-0.3, -0.25) is 9.48 Å². The highest BCUT2D eigenvalue weighted by molar-refractivity contribution is 6.30. The monoisotopic (exact) mass is 537 g/mol. The molecular formula is C25H17ClF5N3O3. The SMILES string of the molecule is COc1ccc(C(=O)Nc2ccn(Cc3c(F)c(F)c(F)c(F)c3F)n2)cc1COc1ccc(Cl)cc1. The molecule has 12 heteroatoms. The number of methoxy groups -OCH3 is 1. The molecule has 0 fully saturated rings. The zero-order chi connectivity index (χ0) is 26.7. The van der Waals surface area contributed by atoms with Crippen molar-refractivity contribution in [1.82, 2.24) is 9.78 Å². The Bertz CT molecular complexity index is 1430. The smallest absolute Gasteiger partial charge is 0.256 e. The van der Waals surface area contributed by atoms with E-state index in [-0.39, 0.29) is 18.0 Å². The van der Waals surface area contributed by atoms with E-state index >= 15 is 0 Å². The topological polar surface area (TPSA) is 65.4 Å². The van der Waals surface area contributed by atoms with Gasteiger partial charge >= 0.3 is 0 Å². The van der Waals surface area contributed by atoms with Gasteiger partial charge in [0.25, 0.3) is 5.91 Å². The van der Waals surface area contributed by atoms with Crippen molar-refractivity contribution >= 4 is 23.3 Å². The quantitative estimate of drug-likeness (QED) is 0.167. The largest absolute Gasteiger partial charge is 0.496 e. The fourth-order valence-electron chi connectivity index (χ4n) is 3.38. The van der Waals surface area contributed by atoms with Crippen LogP contribution in [0.5, 0.6) is 11.5 Å². The molecule has 0 atom stereocenters. The van der Waals surface area contributed by atoms with Gasteiger partial charge in [0, 0.05) is 28.4 Å². The van der Waals surface area contributed by atoms with Crippen molar-refractivity contribution in [2.75, 3.05) is 12.4 Å². The van der Waals surface area contributed by atoms with Gasteiger partial charge in [-0.2, -0.15) is 5.10 Å². The number of nitrogens with zero attached hydrogens (tertiary/aromatic N) is 2. The number of hydrogen-bond donors (Lipinski definition) is 1.